The quantitative estimate of drug-likeness (QED) is 0.877. The third-order valence-corrected chi connectivity index (χ3v) is 2.34. The molecule has 5 heteroatoms. The second kappa shape index (κ2) is 5.64. The third-order valence-electron chi connectivity index (χ3n) is 2.34. The third kappa shape index (κ3) is 3.07. The molecular formula is C13H17N3O2. The van der Waals surface area contributed by atoms with Crippen LogP contribution in [0, 0.1) is 5.92 Å². The first-order chi connectivity index (χ1) is 8.69. The molecule has 1 aromatic heterocycles. The van der Waals surface area contributed by atoms with Crippen molar-refractivity contribution >= 4 is 0 Å². The van der Waals surface area contributed by atoms with E-state index in [1.165, 1.54) is 0 Å². The Morgan fingerprint density at radius 2 is 2.00 bits per heavy atom. The van der Waals surface area contributed by atoms with E-state index < -0.39 is 0 Å². The van der Waals surface area contributed by atoms with Crippen LogP contribution >= 0.6 is 0 Å². The van der Waals surface area contributed by atoms with Crippen molar-refractivity contribution in [1.29, 1.82) is 0 Å². The van der Waals surface area contributed by atoms with E-state index in [0.29, 0.717) is 24.2 Å². The topological polar surface area (TPSA) is 74.2 Å². The fourth-order valence-electron chi connectivity index (χ4n) is 1.42. The number of aromatic nitrogens is 2. The second-order valence-corrected chi connectivity index (χ2v) is 4.45. The van der Waals surface area contributed by atoms with Gasteiger partial charge < -0.3 is 15.0 Å². The Morgan fingerprint density at radius 3 is 2.56 bits per heavy atom. The van der Waals surface area contributed by atoms with Crippen molar-refractivity contribution in [2.75, 3.05) is 6.61 Å². The van der Waals surface area contributed by atoms with Crippen molar-refractivity contribution in [3.63, 3.8) is 0 Å². The summed E-state index contributed by atoms with van der Waals surface area (Å²) in [5.41, 5.74) is 6.30. The van der Waals surface area contributed by atoms with Gasteiger partial charge in [0.2, 0.25) is 11.7 Å². The molecule has 5 nitrogen and oxygen atoms in total. The highest BCUT2D eigenvalue weighted by atomic mass is 16.5. The highest BCUT2D eigenvalue weighted by Crippen LogP contribution is 2.20. The molecule has 0 saturated carbocycles. The summed E-state index contributed by atoms with van der Waals surface area (Å²) in [7, 11) is 0. The van der Waals surface area contributed by atoms with E-state index in [-0.39, 0.29) is 6.54 Å². The van der Waals surface area contributed by atoms with Gasteiger partial charge in [0.15, 0.2) is 0 Å². The number of ether oxygens (including phenoxy) is 1. The molecule has 0 spiro atoms. The van der Waals surface area contributed by atoms with Gasteiger partial charge in [-0.2, -0.15) is 4.98 Å². The van der Waals surface area contributed by atoms with Gasteiger partial charge in [-0.3, -0.25) is 0 Å². The Morgan fingerprint density at radius 1 is 1.28 bits per heavy atom. The van der Waals surface area contributed by atoms with E-state index in [1.807, 2.05) is 24.3 Å². The monoisotopic (exact) mass is 247 g/mol. The van der Waals surface area contributed by atoms with Crippen molar-refractivity contribution in [2.45, 2.75) is 20.4 Å². The molecule has 0 aliphatic carbocycles. The van der Waals surface area contributed by atoms with E-state index in [4.69, 9.17) is 15.0 Å². The van der Waals surface area contributed by atoms with Crippen molar-refractivity contribution in [3.8, 4) is 17.1 Å². The number of nitrogens with two attached hydrogens (primary N) is 1. The normalized spacial score (nSPS) is 10.9. The predicted octanol–water partition coefficient (Wildman–Crippen LogP) is 2.23. The molecule has 0 aliphatic heterocycles. The van der Waals surface area contributed by atoms with Crippen LogP contribution in [-0.2, 0) is 6.54 Å². The fraction of sp³-hybridized carbons (Fsp3) is 0.385. The molecular weight excluding hydrogens is 230 g/mol. The molecule has 0 atom stereocenters. The molecule has 0 radical (unpaired) electrons. The zero-order valence-corrected chi connectivity index (χ0v) is 10.6. The number of rotatable bonds is 5. The van der Waals surface area contributed by atoms with Gasteiger partial charge >= 0.3 is 0 Å². The maximum absolute atomic E-state index is 5.60. The van der Waals surface area contributed by atoms with E-state index in [9.17, 15) is 0 Å². The van der Waals surface area contributed by atoms with E-state index >= 15 is 0 Å². The first-order valence-electron chi connectivity index (χ1n) is 5.95. The SMILES string of the molecule is CC(C)COc1ccc(-c2noc(CN)n2)cc1. The zero-order chi connectivity index (χ0) is 13.0. The number of hydrogen-bond donors (Lipinski definition) is 1. The number of hydrogen-bond acceptors (Lipinski definition) is 5. The van der Waals surface area contributed by atoms with E-state index in [0.717, 1.165) is 11.3 Å². The van der Waals surface area contributed by atoms with Crippen molar-refractivity contribution in [3.05, 3.63) is 30.2 Å². The molecule has 96 valence electrons. The molecule has 0 fully saturated rings. The smallest absolute Gasteiger partial charge is 0.240 e. The predicted molar refractivity (Wildman–Crippen MR) is 68.0 cm³/mol. The minimum atomic E-state index is 0.253. The van der Waals surface area contributed by atoms with Gasteiger partial charge in [0.25, 0.3) is 0 Å². The molecule has 0 saturated heterocycles. The van der Waals surface area contributed by atoms with Gasteiger partial charge in [-0.1, -0.05) is 19.0 Å². The average Bonchev–Trinajstić information content (AvgIpc) is 2.85. The molecule has 2 N–H and O–H groups in total. The van der Waals surface area contributed by atoms with Crippen molar-refractivity contribution in [2.24, 2.45) is 11.7 Å². The zero-order valence-electron chi connectivity index (χ0n) is 10.6. The summed E-state index contributed by atoms with van der Waals surface area (Å²) in [6.07, 6.45) is 0. The van der Waals surface area contributed by atoms with Crippen LogP contribution < -0.4 is 10.5 Å². The van der Waals surface area contributed by atoms with Crippen LogP contribution in [-0.4, -0.2) is 16.7 Å². The molecule has 18 heavy (non-hydrogen) atoms. The molecule has 2 rings (SSSR count). The van der Waals surface area contributed by atoms with E-state index in [2.05, 4.69) is 24.0 Å². The summed E-state index contributed by atoms with van der Waals surface area (Å²) in [5, 5.41) is 3.85. The maximum Gasteiger partial charge on any atom is 0.240 e. The van der Waals surface area contributed by atoms with Gasteiger partial charge in [-0.25, -0.2) is 0 Å². The maximum atomic E-state index is 5.60. The molecule has 0 amide bonds. The van der Waals surface area contributed by atoms with Crippen molar-refractivity contribution in [1.82, 2.24) is 10.1 Å². The largest absolute Gasteiger partial charge is 0.493 e. The summed E-state index contributed by atoms with van der Waals surface area (Å²) >= 11 is 0. The molecule has 0 unspecified atom stereocenters. The van der Waals surface area contributed by atoms with Crippen LogP contribution in [0.1, 0.15) is 19.7 Å². The van der Waals surface area contributed by atoms with Gasteiger partial charge in [0.1, 0.15) is 5.75 Å². The molecule has 0 bridgehead atoms. The summed E-state index contributed by atoms with van der Waals surface area (Å²) in [4.78, 5) is 4.16. The molecule has 0 aliphatic rings. The second-order valence-electron chi connectivity index (χ2n) is 4.45. The van der Waals surface area contributed by atoms with Crippen LogP contribution in [0.4, 0.5) is 0 Å². The van der Waals surface area contributed by atoms with Crippen LogP contribution in [0.15, 0.2) is 28.8 Å². The van der Waals surface area contributed by atoms with Gasteiger partial charge in [-0.05, 0) is 30.2 Å². The highest BCUT2D eigenvalue weighted by molar-refractivity contribution is 5.55. The minimum Gasteiger partial charge on any atom is -0.493 e. The Balaban J connectivity index is 2.07. The summed E-state index contributed by atoms with van der Waals surface area (Å²) in [5.74, 6) is 2.33. The minimum absolute atomic E-state index is 0.253. The van der Waals surface area contributed by atoms with Gasteiger partial charge in [-0.15, -0.1) is 0 Å². The molecule has 1 aromatic carbocycles. The Hall–Kier alpha value is -1.88. The summed E-state index contributed by atoms with van der Waals surface area (Å²) < 4.78 is 10.6. The van der Waals surface area contributed by atoms with Crippen LogP contribution in [0.5, 0.6) is 5.75 Å². The first kappa shape index (κ1) is 12.6. The highest BCUT2D eigenvalue weighted by Gasteiger charge is 2.07. The fourth-order valence-corrected chi connectivity index (χ4v) is 1.42. The Kier molecular flexibility index (Phi) is 3.94. The lowest BCUT2D eigenvalue weighted by Gasteiger charge is -2.08. The Bertz CT molecular complexity index is 491. The first-order valence-corrected chi connectivity index (χ1v) is 5.95. The van der Waals surface area contributed by atoms with Crippen LogP contribution in [0.2, 0.25) is 0 Å². The lowest BCUT2D eigenvalue weighted by Crippen LogP contribution is -2.04. The van der Waals surface area contributed by atoms with Crippen LogP contribution in [0.3, 0.4) is 0 Å². The van der Waals surface area contributed by atoms with E-state index in [1.54, 1.807) is 0 Å². The van der Waals surface area contributed by atoms with Gasteiger partial charge in [0, 0.05) is 5.56 Å². The standard InChI is InChI=1S/C13H17N3O2/c1-9(2)8-17-11-5-3-10(4-6-11)13-15-12(7-14)18-16-13/h3-6,9H,7-8,14H2,1-2H3. The summed E-state index contributed by atoms with van der Waals surface area (Å²) in [6, 6.07) is 7.61. The summed E-state index contributed by atoms with van der Waals surface area (Å²) in [6.45, 7) is 5.19. The Labute approximate surface area is 106 Å². The molecule has 1 heterocycles. The number of benzene rings is 1. The van der Waals surface area contributed by atoms with Crippen molar-refractivity contribution < 1.29 is 9.26 Å². The lowest BCUT2D eigenvalue weighted by molar-refractivity contribution is 0.271. The molecule has 2 aromatic rings. The average molecular weight is 247 g/mol. The van der Waals surface area contributed by atoms with Gasteiger partial charge in [0.05, 0.1) is 13.2 Å². The lowest BCUT2D eigenvalue weighted by atomic mass is 10.2. The number of nitrogens with zero attached hydrogens (tertiary/aromatic N) is 2. The van der Waals surface area contributed by atoms with Crippen LogP contribution in [0.25, 0.3) is 11.4 Å².